The minimum absolute atomic E-state index is 0.170. The lowest BCUT2D eigenvalue weighted by Gasteiger charge is -2.12. The molecule has 2 rings (SSSR count). The van der Waals surface area contributed by atoms with Crippen molar-refractivity contribution in [3.8, 4) is 0 Å². The first-order chi connectivity index (χ1) is 8.88. The Morgan fingerprint density at radius 1 is 1.16 bits per heavy atom. The highest BCUT2D eigenvalue weighted by molar-refractivity contribution is 6.22. The Kier molecular flexibility index (Phi) is 4.19. The van der Waals surface area contributed by atoms with Crippen LogP contribution in [0.25, 0.3) is 5.57 Å². The second kappa shape index (κ2) is 5.53. The fraction of sp³-hybridized carbons (Fsp3) is 0.429. The van der Waals surface area contributed by atoms with Gasteiger partial charge in [0.15, 0.2) is 0 Å². The number of rotatable bonds is 1. The van der Waals surface area contributed by atoms with Crippen LogP contribution in [-0.2, 0) is 6.18 Å². The first-order valence-corrected chi connectivity index (χ1v) is 6.53. The number of benzene rings is 1. The van der Waals surface area contributed by atoms with E-state index < -0.39 is 17.6 Å². The quantitative estimate of drug-likeness (QED) is 0.479. The zero-order valence-corrected chi connectivity index (χ0v) is 10.9. The molecule has 0 bridgehead atoms. The number of alkyl halides is 4. The normalized spacial score (nSPS) is 20.9. The Morgan fingerprint density at radius 3 is 2.58 bits per heavy atom. The first kappa shape index (κ1) is 14.4. The van der Waals surface area contributed by atoms with E-state index in [4.69, 9.17) is 11.6 Å². The standard InChI is InChI=1S/C14H13ClF4/c15-11-4-2-1-3-9(7-11)10-5-6-13(16)12(8-10)14(17,18)19/h5-8,11H,1-4H2. The summed E-state index contributed by atoms with van der Waals surface area (Å²) < 4.78 is 51.2. The Morgan fingerprint density at radius 2 is 1.89 bits per heavy atom. The van der Waals surface area contributed by atoms with E-state index >= 15 is 0 Å². The van der Waals surface area contributed by atoms with E-state index in [1.807, 2.05) is 0 Å². The lowest BCUT2D eigenvalue weighted by atomic mass is 9.99. The van der Waals surface area contributed by atoms with Gasteiger partial charge >= 0.3 is 6.18 Å². The van der Waals surface area contributed by atoms with Crippen LogP contribution < -0.4 is 0 Å². The third-order valence-corrected chi connectivity index (χ3v) is 3.54. The summed E-state index contributed by atoms with van der Waals surface area (Å²) in [6.07, 6.45) is 0.424. The largest absolute Gasteiger partial charge is 0.419 e. The minimum Gasteiger partial charge on any atom is -0.206 e. The van der Waals surface area contributed by atoms with Gasteiger partial charge in [-0.25, -0.2) is 4.39 Å². The Balaban J connectivity index is 2.40. The van der Waals surface area contributed by atoms with Gasteiger partial charge in [-0.3, -0.25) is 0 Å². The van der Waals surface area contributed by atoms with Crippen molar-refractivity contribution in [3.05, 3.63) is 41.2 Å². The molecule has 0 aliphatic heterocycles. The topological polar surface area (TPSA) is 0 Å². The van der Waals surface area contributed by atoms with E-state index in [0.717, 1.165) is 37.0 Å². The molecule has 0 heterocycles. The van der Waals surface area contributed by atoms with Gasteiger partial charge < -0.3 is 0 Å². The van der Waals surface area contributed by atoms with Crippen molar-refractivity contribution in [2.75, 3.05) is 0 Å². The summed E-state index contributed by atoms with van der Waals surface area (Å²) in [5, 5.41) is -0.170. The van der Waals surface area contributed by atoms with Crippen molar-refractivity contribution >= 4 is 17.2 Å². The summed E-state index contributed by atoms with van der Waals surface area (Å²) in [5.74, 6) is -1.24. The van der Waals surface area contributed by atoms with Gasteiger partial charge in [0, 0.05) is 0 Å². The van der Waals surface area contributed by atoms with Crippen LogP contribution in [0, 0.1) is 5.82 Å². The lowest BCUT2D eigenvalue weighted by molar-refractivity contribution is -0.140. The van der Waals surface area contributed by atoms with Crippen molar-refractivity contribution < 1.29 is 17.6 Å². The van der Waals surface area contributed by atoms with E-state index in [2.05, 4.69) is 0 Å². The highest BCUT2D eigenvalue weighted by Crippen LogP contribution is 2.35. The molecule has 1 unspecified atom stereocenters. The molecule has 1 atom stereocenters. The van der Waals surface area contributed by atoms with Gasteiger partial charge in [-0.2, -0.15) is 13.2 Å². The highest BCUT2D eigenvalue weighted by Gasteiger charge is 2.34. The average Bonchev–Trinajstić information content (AvgIpc) is 2.53. The Bertz CT molecular complexity index is 491. The smallest absolute Gasteiger partial charge is 0.206 e. The summed E-state index contributed by atoms with van der Waals surface area (Å²) >= 11 is 6.05. The van der Waals surface area contributed by atoms with Gasteiger partial charge in [0.25, 0.3) is 0 Å². The van der Waals surface area contributed by atoms with Crippen LogP contribution in [0.1, 0.15) is 36.8 Å². The molecular formula is C14H13ClF4. The maximum absolute atomic E-state index is 13.2. The predicted octanol–water partition coefficient (Wildman–Crippen LogP) is 5.41. The molecule has 19 heavy (non-hydrogen) atoms. The van der Waals surface area contributed by atoms with Crippen LogP contribution in [0.3, 0.4) is 0 Å². The molecule has 0 aromatic heterocycles. The van der Waals surface area contributed by atoms with Crippen molar-refractivity contribution in [1.82, 2.24) is 0 Å². The fourth-order valence-corrected chi connectivity index (χ4v) is 2.53. The number of allylic oxidation sites excluding steroid dienone is 2. The predicted molar refractivity (Wildman–Crippen MR) is 67.5 cm³/mol. The monoisotopic (exact) mass is 292 g/mol. The van der Waals surface area contributed by atoms with E-state index in [1.165, 1.54) is 6.07 Å². The summed E-state index contributed by atoms with van der Waals surface area (Å²) in [7, 11) is 0. The van der Waals surface area contributed by atoms with Crippen LogP contribution in [0.5, 0.6) is 0 Å². The molecule has 0 radical (unpaired) electrons. The molecule has 0 amide bonds. The molecular weight excluding hydrogens is 280 g/mol. The first-order valence-electron chi connectivity index (χ1n) is 6.10. The second-order valence-electron chi connectivity index (χ2n) is 4.65. The van der Waals surface area contributed by atoms with Gasteiger partial charge in [0.1, 0.15) is 5.82 Å². The lowest BCUT2D eigenvalue weighted by Crippen LogP contribution is -2.08. The van der Waals surface area contributed by atoms with E-state index in [-0.39, 0.29) is 5.38 Å². The minimum atomic E-state index is -4.67. The van der Waals surface area contributed by atoms with Crippen LogP contribution in [0.2, 0.25) is 0 Å². The molecule has 1 aromatic rings. The molecule has 1 aromatic carbocycles. The molecule has 0 nitrogen and oxygen atoms in total. The van der Waals surface area contributed by atoms with Gasteiger partial charge in [-0.15, -0.1) is 11.6 Å². The van der Waals surface area contributed by atoms with Crippen LogP contribution in [0.4, 0.5) is 17.6 Å². The zero-order chi connectivity index (χ0) is 14.0. The van der Waals surface area contributed by atoms with Crippen LogP contribution >= 0.6 is 11.6 Å². The Hall–Kier alpha value is -1.03. The average molecular weight is 293 g/mol. The van der Waals surface area contributed by atoms with Gasteiger partial charge in [0.2, 0.25) is 0 Å². The summed E-state index contributed by atoms with van der Waals surface area (Å²) in [6.45, 7) is 0. The number of hydrogen-bond acceptors (Lipinski definition) is 0. The van der Waals surface area contributed by atoms with E-state index in [1.54, 1.807) is 6.08 Å². The number of halogens is 5. The van der Waals surface area contributed by atoms with Crippen molar-refractivity contribution in [2.45, 2.75) is 37.2 Å². The van der Waals surface area contributed by atoms with Gasteiger partial charge in [-0.05, 0) is 42.5 Å². The van der Waals surface area contributed by atoms with Crippen molar-refractivity contribution in [1.29, 1.82) is 0 Å². The zero-order valence-electron chi connectivity index (χ0n) is 10.1. The van der Waals surface area contributed by atoms with E-state index in [9.17, 15) is 17.6 Å². The van der Waals surface area contributed by atoms with Gasteiger partial charge in [-0.1, -0.05) is 18.6 Å². The van der Waals surface area contributed by atoms with Crippen molar-refractivity contribution in [2.24, 2.45) is 0 Å². The second-order valence-corrected chi connectivity index (χ2v) is 5.21. The molecule has 0 saturated heterocycles. The molecule has 5 heteroatoms. The SMILES string of the molecule is Fc1ccc(C2=CC(Cl)CCCC2)cc1C(F)(F)F. The highest BCUT2D eigenvalue weighted by atomic mass is 35.5. The molecule has 1 aliphatic carbocycles. The maximum Gasteiger partial charge on any atom is 0.419 e. The number of hydrogen-bond donors (Lipinski definition) is 0. The van der Waals surface area contributed by atoms with Crippen LogP contribution in [0.15, 0.2) is 24.3 Å². The van der Waals surface area contributed by atoms with E-state index in [0.29, 0.717) is 12.0 Å². The maximum atomic E-state index is 13.2. The molecule has 0 spiro atoms. The molecule has 0 saturated carbocycles. The fourth-order valence-electron chi connectivity index (χ4n) is 2.22. The summed E-state index contributed by atoms with van der Waals surface area (Å²) in [6, 6.07) is 3.12. The molecule has 0 fully saturated rings. The molecule has 104 valence electrons. The molecule has 0 N–H and O–H groups in total. The summed E-state index contributed by atoms with van der Waals surface area (Å²) in [4.78, 5) is 0. The third kappa shape index (κ3) is 3.50. The summed E-state index contributed by atoms with van der Waals surface area (Å²) in [5.41, 5.74) is -0.0504. The molecule has 1 aliphatic rings. The van der Waals surface area contributed by atoms with Gasteiger partial charge in [0.05, 0.1) is 10.9 Å². The Labute approximate surface area is 114 Å². The van der Waals surface area contributed by atoms with Crippen LogP contribution in [-0.4, -0.2) is 5.38 Å². The van der Waals surface area contributed by atoms with Crippen molar-refractivity contribution in [3.63, 3.8) is 0 Å². The third-order valence-electron chi connectivity index (χ3n) is 3.20.